The van der Waals surface area contributed by atoms with Gasteiger partial charge in [0.25, 0.3) is 0 Å². The third-order valence-electron chi connectivity index (χ3n) is 16.0. The molecule has 0 saturated heterocycles. The molecule has 49 heavy (non-hydrogen) atoms. The van der Waals surface area contributed by atoms with E-state index in [2.05, 4.69) is 65.0 Å². The molecule has 1 heterocycles. The largest absolute Gasteiger partial charge is 0.497 e. The molecule has 4 N–H and O–H groups in total. The van der Waals surface area contributed by atoms with E-state index in [1.54, 1.807) is 12.7 Å². The van der Waals surface area contributed by atoms with Crippen LogP contribution in [0.4, 0.5) is 0 Å². The zero-order chi connectivity index (χ0) is 34.5. The third kappa shape index (κ3) is 5.26. The van der Waals surface area contributed by atoms with Crippen LogP contribution in [-0.4, -0.2) is 29.0 Å². The summed E-state index contributed by atoms with van der Waals surface area (Å²) in [6.07, 6.45) is 13.0. The van der Waals surface area contributed by atoms with E-state index >= 15 is 0 Å². The molecule has 5 aliphatic rings. The predicted molar refractivity (Wildman–Crippen MR) is 196 cm³/mol. The van der Waals surface area contributed by atoms with Crippen LogP contribution in [0, 0.1) is 50.2 Å². The van der Waals surface area contributed by atoms with Crippen LogP contribution in [-0.2, 0) is 11.3 Å². The van der Waals surface area contributed by atoms with Crippen molar-refractivity contribution >= 4 is 18.3 Å². The van der Waals surface area contributed by atoms with Gasteiger partial charge in [0.05, 0.1) is 13.7 Å². The fraction of sp³-hybridized carbons (Fsp3) is 0.707. The smallest absolute Gasteiger partial charge is 0.226 e. The first kappa shape index (κ1) is 36.4. The third-order valence-corrected chi connectivity index (χ3v) is 16.0. The average Bonchev–Trinajstić information content (AvgIpc) is 3.52. The van der Waals surface area contributed by atoms with Crippen molar-refractivity contribution in [1.29, 1.82) is 0 Å². The minimum absolute atomic E-state index is 0. The zero-order valence-corrected chi connectivity index (χ0v) is 31.9. The number of nitrogens with zero attached hydrogens (tertiary/aromatic N) is 1. The molecule has 0 spiro atoms. The van der Waals surface area contributed by atoms with Gasteiger partial charge in [0, 0.05) is 22.5 Å². The topological polar surface area (TPSA) is 111 Å². The molecule has 8 heteroatoms. The maximum absolute atomic E-state index is 14.0. The van der Waals surface area contributed by atoms with E-state index in [4.69, 9.17) is 15.0 Å². The molecule has 1 amide bonds. The van der Waals surface area contributed by atoms with Gasteiger partial charge in [0.2, 0.25) is 5.91 Å². The van der Waals surface area contributed by atoms with Crippen molar-refractivity contribution in [3.8, 4) is 17.0 Å². The summed E-state index contributed by atoms with van der Waals surface area (Å²) in [7, 11) is 1.65. The van der Waals surface area contributed by atoms with E-state index in [1.807, 2.05) is 30.3 Å². The van der Waals surface area contributed by atoms with Gasteiger partial charge < -0.3 is 25.4 Å². The van der Waals surface area contributed by atoms with E-state index in [-0.39, 0.29) is 45.4 Å². The number of rotatable bonds is 5. The highest BCUT2D eigenvalue weighted by Gasteiger charge is 2.69. The maximum Gasteiger partial charge on any atom is 0.226 e. The standard InChI is InChI=1S/C41H59N3O4.ClH/c1-35(2)32-15-16-40(7)33(38(32,5)20-22-41(35,42)46)14-13-29-30-24-37(4,18-17-36(30,3)19-21-39(29,40)6)34(45)43-25-28-23-31(44-48-28)26-9-11-27(47-8)12-10-26;/h9-13,23,30,32-33,46H,14-22,24-25,42H2,1-8H3,(H,43,45);1H/t30-,32?,33-,36-,37+,38+,39-,40-,41+;/m1./s1. The van der Waals surface area contributed by atoms with Crippen LogP contribution in [0.25, 0.3) is 11.3 Å². The Morgan fingerprint density at radius 2 is 1.67 bits per heavy atom. The van der Waals surface area contributed by atoms with Crippen molar-refractivity contribution in [1.82, 2.24) is 10.5 Å². The van der Waals surface area contributed by atoms with E-state index in [0.29, 0.717) is 36.5 Å². The van der Waals surface area contributed by atoms with Crippen molar-refractivity contribution in [2.45, 2.75) is 125 Å². The van der Waals surface area contributed by atoms with Gasteiger partial charge in [-0.1, -0.05) is 65.3 Å². The lowest BCUT2D eigenvalue weighted by atomic mass is 9.33. The van der Waals surface area contributed by atoms with Crippen LogP contribution < -0.4 is 15.8 Å². The molecule has 9 atom stereocenters. The first-order valence-corrected chi connectivity index (χ1v) is 18.5. The molecule has 1 aromatic heterocycles. The Kier molecular flexibility index (Phi) is 8.81. The van der Waals surface area contributed by atoms with Crippen molar-refractivity contribution < 1.29 is 19.2 Å². The van der Waals surface area contributed by atoms with Crippen LogP contribution in [0.5, 0.6) is 5.75 Å². The minimum Gasteiger partial charge on any atom is -0.497 e. The number of aromatic nitrogens is 1. The van der Waals surface area contributed by atoms with Crippen LogP contribution >= 0.6 is 12.4 Å². The number of halogens is 1. The second kappa shape index (κ2) is 11.8. The fourth-order valence-corrected chi connectivity index (χ4v) is 12.2. The van der Waals surface area contributed by atoms with Crippen molar-refractivity contribution in [3.63, 3.8) is 0 Å². The first-order valence-electron chi connectivity index (χ1n) is 18.5. The molecule has 7 nitrogen and oxygen atoms in total. The summed E-state index contributed by atoms with van der Waals surface area (Å²) in [5, 5.41) is 18.8. The Labute approximate surface area is 300 Å². The quantitative estimate of drug-likeness (QED) is 0.213. The summed E-state index contributed by atoms with van der Waals surface area (Å²) in [5.41, 5.74) is 8.67. The van der Waals surface area contributed by atoms with Gasteiger partial charge in [-0.25, -0.2) is 0 Å². The number of carbonyl (C=O) groups is 1. The van der Waals surface area contributed by atoms with Crippen LogP contribution in [0.1, 0.15) is 118 Å². The molecule has 5 aliphatic carbocycles. The molecule has 4 saturated carbocycles. The molecule has 1 aromatic carbocycles. The fourth-order valence-electron chi connectivity index (χ4n) is 12.2. The summed E-state index contributed by atoms with van der Waals surface area (Å²) in [5.74, 6) is 2.92. The predicted octanol–water partition coefficient (Wildman–Crippen LogP) is 8.84. The van der Waals surface area contributed by atoms with Gasteiger partial charge in [-0.3, -0.25) is 4.79 Å². The monoisotopic (exact) mass is 693 g/mol. The molecule has 4 fully saturated rings. The molecular weight excluding hydrogens is 634 g/mol. The number of hydrogen-bond acceptors (Lipinski definition) is 6. The molecule has 7 rings (SSSR count). The van der Waals surface area contributed by atoms with Gasteiger partial charge in [0.1, 0.15) is 17.2 Å². The average molecular weight is 694 g/mol. The van der Waals surface area contributed by atoms with Crippen molar-refractivity contribution in [2.75, 3.05) is 7.11 Å². The Morgan fingerprint density at radius 1 is 0.980 bits per heavy atom. The molecule has 270 valence electrons. The number of methoxy groups -OCH3 is 1. The van der Waals surface area contributed by atoms with Crippen LogP contribution in [0.15, 0.2) is 46.5 Å². The molecule has 1 unspecified atom stereocenters. The molecule has 2 aromatic rings. The number of fused-ring (bicyclic) bond motifs is 7. The summed E-state index contributed by atoms with van der Waals surface area (Å²) < 4.78 is 10.9. The summed E-state index contributed by atoms with van der Waals surface area (Å²) in [6, 6.07) is 9.65. The summed E-state index contributed by atoms with van der Waals surface area (Å²) in [6.45, 7) is 17.2. The number of nitrogens with one attached hydrogen (secondary N) is 1. The lowest BCUT2D eigenvalue weighted by Gasteiger charge is -2.72. The van der Waals surface area contributed by atoms with Gasteiger partial charge in [-0.05, 0) is 128 Å². The van der Waals surface area contributed by atoms with Gasteiger partial charge in [-0.15, -0.1) is 12.4 Å². The van der Waals surface area contributed by atoms with Crippen LogP contribution in [0.2, 0.25) is 0 Å². The lowest BCUT2D eigenvalue weighted by molar-refractivity contribution is -0.233. The normalized spacial score (nSPS) is 42.2. The Balaban J connectivity index is 0.00000417. The Hall–Kier alpha value is -2.35. The number of amides is 1. The second-order valence-corrected chi connectivity index (χ2v) is 18.5. The van der Waals surface area contributed by atoms with E-state index in [0.717, 1.165) is 55.5 Å². The number of hydrogen-bond donors (Lipinski definition) is 3. The molecule has 0 aliphatic heterocycles. The highest BCUT2D eigenvalue weighted by molar-refractivity contribution is 5.85. The number of aliphatic hydroxyl groups is 1. The Morgan fingerprint density at radius 3 is 2.37 bits per heavy atom. The zero-order valence-electron chi connectivity index (χ0n) is 31.1. The number of carbonyl (C=O) groups excluding carboxylic acids is 1. The first-order chi connectivity index (χ1) is 22.4. The number of ether oxygens (including phenoxy) is 1. The van der Waals surface area contributed by atoms with Crippen molar-refractivity contribution in [2.24, 2.45) is 56.0 Å². The maximum atomic E-state index is 14.0. The number of nitrogens with two attached hydrogens (primary N) is 1. The number of benzene rings is 1. The highest BCUT2D eigenvalue weighted by atomic mass is 35.5. The van der Waals surface area contributed by atoms with E-state index in [9.17, 15) is 9.90 Å². The molecular formula is C41H60ClN3O4. The summed E-state index contributed by atoms with van der Waals surface area (Å²) in [4.78, 5) is 14.0. The summed E-state index contributed by atoms with van der Waals surface area (Å²) >= 11 is 0. The second-order valence-electron chi connectivity index (χ2n) is 18.5. The molecule has 0 radical (unpaired) electrons. The van der Waals surface area contributed by atoms with Gasteiger partial charge >= 0.3 is 0 Å². The van der Waals surface area contributed by atoms with Crippen LogP contribution in [0.3, 0.4) is 0 Å². The van der Waals surface area contributed by atoms with Crippen molar-refractivity contribution in [3.05, 3.63) is 47.7 Å². The van der Waals surface area contributed by atoms with E-state index in [1.165, 1.54) is 19.3 Å². The lowest BCUT2D eigenvalue weighted by Crippen LogP contribution is -2.69. The van der Waals surface area contributed by atoms with Gasteiger partial charge in [-0.2, -0.15) is 0 Å². The molecule has 0 bridgehead atoms. The van der Waals surface area contributed by atoms with Gasteiger partial charge in [0.15, 0.2) is 5.76 Å². The Bertz CT molecular complexity index is 1620. The highest BCUT2D eigenvalue weighted by Crippen LogP contribution is 2.76. The number of allylic oxidation sites excluding steroid dienone is 2. The minimum atomic E-state index is -1.11. The van der Waals surface area contributed by atoms with E-state index < -0.39 is 11.1 Å². The SMILES string of the molecule is COc1ccc(-c2cc(CNC(=O)[C@@]3(C)CC[C@]4(C)CC[C@]5(C)C(=CC[C@@H]6[C@@]7(C)CC[C@](N)(O)C(C)(C)C7CC[C@]65C)[C@H]4C3)on2)cc1.Cl.